The Morgan fingerprint density at radius 2 is 1.94 bits per heavy atom. The molecule has 0 aliphatic carbocycles. The summed E-state index contributed by atoms with van der Waals surface area (Å²) in [6.45, 7) is 0. The van der Waals surface area contributed by atoms with Gasteiger partial charge in [-0.3, -0.25) is 9.78 Å². The Bertz CT molecular complexity index is 1500. The average molecular weight is 450 g/mol. The van der Waals surface area contributed by atoms with E-state index in [1.54, 1.807) is 41.3 Å². The van der Waals surface area contributed by atoms with Gasteiger partial charge in [0.1, 0.15) is 11.3 Å². The number of phenolic OH excluding ortho intramolecular Hbond substituents is 1. The highest BCUT2D eigenvalue weighted by Crippen LogP contribution is 2.46. The summed E-state index contributed by atoms with van der Waals surface area (Å²) in [4.78, 5) is 17.8. The normalized spacial score (nSPS) is 11.2. The van der Waals surface area contributed by atoms with Crippen LogP contribution in [0.1, 0.15) is 15.9 Å². The molecule has 5 aromatic rings. The number of nitrogens with zero attached hydrogens (tertiary/aromatic N) is 3. The van der Waals surface area contributed by atoms with Crippen molar-refractivity contribution in [2.75, 3.05) is 14.2 Å². The predicted octanol–water partition coefficient (Wildman–Crippen LogP) is 4.77. The van der Waals surface area contributed by atoms with Crippen molar-refractivity contribution in [2.24, 2.45) is 0 Å². The van der Waals surface area contributed by atoms with Crippen molar-refractivity contribution in [2.45, 2.75) is 0 Å². The number of benzene rings is 2. The Morgan fingerprint density at radius 3 is 2.72 bits per heavy atom. The molecule has 160 valence electrons. The van der Waals surface area contributed by atoms with Crippen molar-refractivity contribution in [1.82, 2.24) is 14.8 Å². The summed E-state index contributed by atoms with van der Waals surface area (Å²) < 4.78 is 17.7. The molecule has 32 heavy (non-hydrogen) atoms. The van der Waals surface area contributed by atoms with E-state index < -0.39 is 5.78 Å². The van der Waals surface area contributed by atoms with Gasteiger partial charge in [-0.15, -0.1) is 0 Å². The van der Waals surface area contributed by atoms with Gasteiger partial charge in [-0.25, -0.2) is 4.68 Å². The minimum absolute atomic E-state index is 0.0378. The van der Waals surface area contributed by atoms with E-state index in [9.17, 15) is 9.90 Å². The van der Waals surface area contributed by atoms with Gasteiger partial charge < -0.3 is 19.0 Å². The molecule has 0 fully saturated rings. The quantitative estimate of drug-likeness (QED) is 0.385. The van der Waals surface area contributed by atoms with Crippen LogP contribution in [0.15, 0.2) is 59.6 Å². The summed E-state index contributed by atoms with van der Waals surface area (Å²) in [5, 5.41) is 17.1. The van der Waals surface area contributed by atoms with Crippen molar-refractivity contribution in [1.29, 1.82) is 0 Å². The van der Waals surface area contributed by atoms with Gasteiger partial charge in [0, 0.05) is 22.8 Å². The molecular weight excluding hydrogens is 434 g/mol. The standard InChI is InChI=1S/C23H16ClN3O5/c1-30-21-15-6-8-32-22(15)23(31-2)20(29)18(21)19(28)12-10-26-27(11-12)17-5-7-25-16-9-13(24)3-4-14(16)17/h3-11,29H,1-2H3. The molecule has 9 heteroatoms. The van der Waals surface area contributed by atoms with Gasteiger partial charge in [-0.05, 0) is 30.3 Å². The van der Waals surface area contributed by atoms with Crippen LogP contribution in [0.25, 0.3) is 27.6 Å². The topological polar surface area (TPSA) is 99.6 Å². The van der Waals surface area contributed by atoms with Crippen molar-refractivity contribution in [3.63, 3.8) is 0 Å². The Labute approximate surface area is 186 Å². The third kappa shape index (κ3) is 2.96. The second-order valence-corrected chi connectivity index (χ2v) is 7.38. The van der Waals surface area contributed by atoms with Gasteiger partial charge >= 0.3 is 0 Å². The van der Waals surface area contributed by atoms with Gasteiger partial charge in [0.25, 0.3) is 0 Å². The summed E-state index contributed by atoms with van der Waals surface area (Å²) in [6.07, 6.45) is 6.08. The van der Waals surface area contributed by atoms with Gasteiger partial charge in [0.05, 0.1) is 48.8 Å². The van der Waals surface area contributed by atoms with Crippen LogP contribution in [0.2, 0.25) is 5.02 Å². The molecule has 8 nitrogen and oxygen atoms in total. The first kappa shape index (κ1) is 19.9. The third-order valence-electron chi connectivity index (χ3n) is 5.20. The number of aromatic hydroxyl groups is 1. The maximum absolute atomic E-state index is 13.4. The smallest absolute Gasteiger partial charge is 0.205 e. The summed E-state index contributed by atoms with van der Waals surface area (Å²) in [5.74, 6) is -0.602. The number of furan rings is 1. The molecule has 0 saturated carbocycles. The number of ether oxygens (including phenoxy) is 2. The average Bonchev–Trinajstić information content (AvgIpc) is 3.47. The number of hydrogen-bond donors (Lipinski definition) is 1. The Kier molecular flexibility index (Phi) is 4.71. The fourth-order valence-corrected chi connectivity index (χ4v) is 3.93. The molecule has 1 N–H and O–H groups in total. The Balaban J connectivity index is 1.64. The molecule has 0 unspecified atom stereocenters. The second-order valence-electron chi connectivity index (χ2n) is 6.95. The van der Waals surface area contributed by atoms with E-state index in [0.717, 1.165) is 11.1 Å². The molecule has 3 heterocycles. The molecule has 0 amide bonds. The monoisotopic (exact) mass is 449 g/mol. The molecule has 0 atom stereocenters. The highest BCUT2D eigenvalue weighted by Gasteiger charge is 2.29. The largest absolute Gasteiger partial charge is 0.504 e. The van der Waals surface area contributed by atoms with Gasteiger partial charge in [-0.1, -0.05) is 11.6 Å². The number of fused-ring (bicyclic) bond motifs is 2. The van der Waals surface area contributed by atoms with Crippen molar-refractivity contribution in [3.05, 3.63) is 71.3 Å². The van der Waals surface area contributed by atoms with Crippen LogP contribution in [0.5, 0.6) is 17.2 Å². The SMILES string of the molecule is COc1c(C(=O)c2cnn(-c3ccnc4cc(Cl)ccc34)c2)c(O)c(OC)c2occc12. The molecular formula is C23H16ClN3O5. The van der Waals surface area contributed by atoms with E-state index in [4.69, 9.17) is 25.5 Å². The number of ketones is 1. The Hall–Kier alpha value is -4.04. The number of pyridine rings is 1. The number of carbonyl (C=O) groups excluding carboxylic acids is 1. The number of methoxy groups -OCH3 is 2. The van der Waals surface area contributed by atoms with Crippen LogP contribution in [0.4, 0.5) is 0 Å². The minimum atomic E-state index is -0.478. The molecule has 0 spiro atoms. The molecule has 0 radical (unpaired) electrons. The lowest BCUT2D eigenvalue weighted by Gasteiger charge is -2.13. The molecule has 0 aliphatic rings. The second kappa shape index (κ2) is 7.58. The number of hydrogen-bond acceptors (Lipinski definition) is 7. The lowest BCUT2D eigenvalue weighted by molar-refractivity contribution is 0.103. The predicted molar refractivity (Wildman–Crippen MR) is 118 cm³/mol. The number of carbonyl (C=O) groups is 1. The summed E-state index contributed by atoms with van der Waals surface area (Å²) in [7, 11) is 2.80. The van der Waals surface area contributed by atoms with E-state index in [2.05, 4.69) is 10.1 Å². The Morgan fingerprint density at radius 1 is 1.12 bits per heavy atom. The van der Waals surface area contributed by atoms with Crippen LogP contribution < -0.4 is 9.47 Å². The van der Waals surface area contributed by atoms with Gasteiger partial charge in [-0.2, -0.15) is 5.10 Å². The van der Waals surface area contributed by atoms with Crippen LogP contribution in [0.3, 0.4) is 0 Å². The van der Waals surface area contributed by atoms with Crippen LogP contribution >= 0.6 is 11.6 Å². The van der Waals surface area contributed by atoms with Crippen molar-refractivity contribution >= 4 is 39.3 Å². The van der Waals surface area contributed by atoms with Crippen LogP contribution in [0, 0.1) is 0 Å². The zero-order valence-electron chi connectivity index (χ0n) is 17.0. The third-order valence-corrected chi connectivity index (χ3v) is 5.44. The fourth-order valence-electron chi connectivity index (χ4n) is 3.76. The molecule has 2 aromatic carbocycles. The lowest BCUT2D eigenvalue weighted by Crippen LogP contribution is -2.05. The zero-order valence-corrected chi connectivity index (χ0v) is 17.8. The molecule has 5 rings (SSSR count). The van der Waals surface area contributed by atoms with Crippen molar-refractivity contribution in [3.8, 4) is 22.9 Å². The molecule has 3 aromatic heterocycles. The number of rotatable bonds is 5. The van der Waals surface area contributed by atoms with Crippen LogP contribution in [-0.2, 0) is 0 Å². The number of aromatic nitrogens is 3. The first-order valence-corrected chi connectivity index (χ1v) is 9.89. The first-order chi connectivity index (χ1) is 15.5. The van der Waals surface area contributed by atoms with E-state index >= 15 is 0 Å². The molecule has 0 aliphatic heterocycles. The summed E-state index contributed by atoms with van der Waals surface area (Å²) in [6, 6.07) is 8.79. The van der Waals surface area contributed by atoms with E-state index in [-0.39, 0.29) is 34.0 Å². The van der Waals surface area contributed by atoms with E-state index in [0.29, 0.717) is 15.9 Å². The minimum Gasteiger partial charge on any atom is -0.504 e. The molecule has 0 bridgehead atoms. The lowest BCUT2D eigenvalue weighted by atomic mass is 10.0. The fraction of sp³-hybridized carbons (Fsp3) is 0.0870. The summed E-state index contributed by atoms with van der Waals surface area (Å²) in [5.41, 5.74) is 1.93. The highest BCUT2D eigenvalue weighted by atomic mass is 35.5. The van der Waals surface area contributed by atoms with Gasteiger partial charge in [0.2, 0.25) is 11.5 Å². The van der Waals surface area contributed by atoms with Gasteiger partial charge in [0.15, 0.2) is 11.3 Å². The number of halogens is 1. The number of phenols is 1. The van der Waals surface area contributed by atoms with E-state index in [1.807, 2.05) is 6.07 Å². The maximum atomic E-state index is 13.4. The van der Waals surface area contributed by atoms with Crippen LogP contribution in [-0.4, -0.2) is 39.9 Å². The summed E-state index contributed by atoms with van der Waals surface area (Å²) >= 11 is 6.07. The first-order valence-electron chi connectivity index (χ1n) is 9.51. The molecule has 0 saturated heterocycles. The highest BCUT2D eigenvalue weighted by molar-refractivity contribution is 6.31. The zero-order chi connectivity index (χ0) is 22.4. The van der Waals surface area contributed by atoms with Crippen molar-refractivity contribution < 1.29 is 23.8 Å². The maximum Gasteiger partial charge on any atom is 0.205 e. The van der Waals surface area contributed by atoms with E-state index in [1.165, 1.54) is 26.7 Å².